The topological polar surface area (TPSA) is 54.0 Å². The fourth-order valence-corrected chi connectivity index (χ4v) is 1.94. The van der Waals surface area contributed by atoms with Crippen LogP contribution in [0.15, 0.2) is 0 Å². The van der Waals surface area contributed by atoms with Gasteiger partial charge in [-0.1, -0.05) is 0 Å². The largest absolute Gasteiger partial charge is 0.513 e. The van der Waals surface area contributed by atoms with Gasteiger partial charge in [-0.2, -0.15) is 0 Å². The number of rotatable bonds is 4. The van der Waals surface area contributed by atoms with Crippen molar-refractivity contribution in [3.63, 3.8) is 0 Å². The van der Waals surface area contributed by atoms with Crippen molar-refractivity contribution in [2.24, 2.45) is 0 Å². The molecule has 0 atom stereocenters. The Kier molecular flexibility index (Phi) is 5.66. The Morgan fingerprint density at radius 3 is 1.05 bits per heavy atom. The summed E-state index contributed by atoms with van der Waals surface area (Å²) >= 11 is 0. The third kappa shape index (κ3) is 10.0. The average Bonchev–Trinajstić information content (AvgIpc) is 1.86. The van der Waals surface area contributed by atoms with E-state index in [4.69, 9.17) is 18.9 Å². The molecule has 0 aromatic heterocycles. The minimum Gasteiger partial charge on any atom is -0.402 e. The molecule has 120 valence electrons. The van der Waals surface area contributed by atoms with Crippen molar-refractivity contribution in [1.29, 1.82) is 0 Å². The van der Waals surface area contributed by atoms with Crippen LogP contribution in [0.25, 0.3) is 0 Å². The summed E-state index contributed by atoms with van der Waals surface area (Å²) in [7, 11) is 0. The van der Waals surface area contributed by atoms with Crippen molar-refractivity contribution in [2.75, 3.05) is 0 Å². The van der Waals surface area contributed by atoms with Gasteiger partial charge >= 0.3 is 6.16 Å². The summed E-state index contributed by atoms with van der Waals surface area (Å²) in [6, 6.07) is 0. The molecule has 0 aromatic rings. The summed E-state index contributed by atoms with van der Waals surface area (Å²) in [5.74, 6) is -2.15. The summed E-state index contributed by atoms with van der Waals surface area (Å²) in [5.41, 5.74) is -0.859. The third-order valence-electron chi connectivity index (χ3n) is 1.76. The summed E-state index contributed by atoms with van der Waals surface area (Å²) in [6.07, 6.45) is -0.825. The Hall–Kier alpha value is -0.810. The SMILES string of the molecule is CC(C)(C)OC(C)(C)OC(=O)OC(C)(C)OC(C)(C)C. The van der Waals surface area contributed by atoms with Gasteiger partial charge in [0.25, 0.3) is 0 Å². The van der Waals surface area contributed by atoms with Crippen LogP contribution in [0, 0.1) is 0 Å². The second kappa shape index (κ2) is 5.90. The molecular formula is C15H30O5. The second-order valence-corrected chi connectivity index (χ2v) is 7.68. The van der Waals surface area contributed by atoms with E-state index < -0.39 is 28.9 Å². The first-order valence-corrected chi connectivity index (χ1v) is 6.84. The Balaban J connectivity index is 4.56. The van der Waals surface area contributed by atoms with Gasteiger partial charge in [-0.05, 0) is 41.5 Å². The zero-order valence-corrected chi connectivity index (χ0v) is 14.5. The lowest BCUT2D eigenvalue weighted by Gasteiger charge is -2.35. The Morgan fingerprint density at radius 2 is 0.850 bits per heavy atom. The minimum absolute atomic E-state index is 0.429. The molecule has 0 unspecified atom stereocenters. The third-order valence-corrected chi connectivity index (χ3v) is 1.76. The maximum atomic E-state index is 11.8. The molecule has 5 heteroatoms. The van der Waals surface area contributed by atoms with E-state index in [1.165, 1.54) is 0 Å². The maximum absolute atomic E-state index is 11.8. The second-order valence-electron chi connectivity index (χ2n) is 7.68. The number of carbonyl (C=O) groups is 1. The van der Waals surface area contributed by atoms with Crippen molar-refractivity contribution in [3.05, 3.63) is 0 Å². The van der Waals surface area contributed by atoms with E-state index >= 15 is 0 Å². The molecule has 5 nitrogen and oxygen atoms in total. The molecule has 0 radical (unpaired) electrons. The van der Waals surface area contributed by atoms with Crippen molar-refractivity contribution in [1.82, 2.24) is 0 Å². The predicted molar refractivity (Wildman–Crippen MR) is 77.4 cm³/mol. The first kappa shape index (κ1) is 19.2. The Labute approximate surface area is 122 Å². The highest BCUT2D eigenvalue weighted by Gasteiger charge is 2.35. The Bertz CT molecular complexity index is 299. The maximum Gasteiger partial charge on any atom is 0.513 e. The van der Waals surface area contributed by atoms with Gasteiger partial charge in [0.1, 0.15) is 0 Å². The van der Waals surface area contributed by atoms with Gasteiger partial charge in [-0.15, -0.1) is 0 Å². The van der Waals surface area contributed by atoms with Crippen LogP contribution in [0.5, 0.6) is 0 Å². The lowest BCUT2D eigenvalue weighted by molar-refractivity contribution is -0.270. The monoisotopic (exact) mass is 290 g/mol. The standard InChI is InChI=1S/C15H30O5/c1-12(2,3)19-14(7,8)17-11(16)18-15(9,10)20-13(4,5)6/h1-10H3. The highest BCUT2D eigenvalue weighted by atomic mass is 16.8. The quantitative estimate of drug-likeness (QED) is 0.572. The lowest BCUT2D eigenvalue weighted by atomic mass is 10.2. The fraction of sp³-hybridized carbons (Fsp3) is 0.933. The first-order valence-electron chi connectivity index (χ1n) is 6.84. The van der Waals surface area contributed by atoms with Crippen molar-refractivity contribution in [3.8, 4) is 0 Å². The fourth-order valence-electron chi connectivity index (χ4n) is 1.94. The van der Waals surface area contributed by atoms with Gasteiger partial charge in [-0.25, -0.2) is 4.79 Å². The van der Waals surface area contributed by atoms with Crippen LogP contribution in [0.2, 0.25) is 0 Å². The van der Waals surface area contributed by atoms with E-state index in [9.17, 15) is 4.79 Å². The van der Waals surface area contributed by atoms with Crippen LogP contribution in [0.1, 0.15) is 69.2 Å². The molecule has 0 saturated heterocycles. The number of hydrogen-bond acceptors (Lipinski definition) is 5. The number of hydrogen-bond donors (Lipinski definition) is 0. The zero-order chi connectivity index (χ0) is 16.4. The molecule has 0 fully saturated rings. The molecule has 0 aromatic carbocycles. The number of ether oxygens (including phenoxy) is 4. The van der Waals surface area contributed by atoms with Crippen LogP contribution in [0.3, 0.4) is 0 Å². The molecule has 0 aliphatic carbocycles. The molecule has 0 amide bonds. The lowest BCUT2D eigenvalue weighted by Crippen LogP contribution is -2.43. The van der Waals surface area contributed by atoms with Crippen LogP contribution in [-0.2, 0) is 18.9 Å². The van der Waals surface area contributed by atoms with Crippen LogP contribution >= 0.6 is 0 Å². The van der Waals surface area contributed by atoms with E-state index in [0.29, 0.717) is 0 Å². The van der Waals surface area contributed by atoms with Gasteiger partial charge in [0.15, 0.2) is 0 Å². The molecule has 0 aliphatic rings. The molecule has 0 rings (SSSR count). The zero-order valence-electron chi connectivity index (χ0n) is 14.5. The average molecular weight is 290 g/mol. The van der Waals surface area contributed by atoms with E-state index in [1.54, 1.807) is 27.7 Å². The molecule has 0 saturated carbocycles. The molecule has 0 N–H and O–H groups in total. The highest BCUT2D eigenvalue weighted by molar-refractivity contribution is 5.60. The van der Waals surface area contributed by atoms with E-state index in [-0.39, 0.29) is 0 Å². The smallest absolute Gasteiger partial charge is 0.402 e. The summed E-state index contributed by atoms with van der Waals surface area (Å²) in [4.78, 5) is 11.8. The minimum atomic E-state index is -1.08. The van der Waals surface area contributed by atoms with Crippen LogP contribution in [-0.4, -0.2) is 28.9 Å². The van der Waals surface area contributed by atoms with Crippen molar-refractivity contribution >= 4 is 6.16 Å². The highest BCUT2D eigenvalue weighted by Crippen LogP contribution is 2.25. The van der Waals surface area contributed by atoms with E-state index in [1.807, 2.05) is 41.5 Å². The Morgan fingerprint density at radius 1 is 0.600 bits per heavy atom. The van der Waals surface area contributed by atoms with Crippen LogP contribution < -0.4 is 0 Å². The normalized spacial score (nSPS) is 14.1. The first-order chi connectivity index (χ1) is 8.52. The molecule has 0 spiro atoms. The van der Waals surface area contributed by atoms with E-state index in [2.05, 4.69) is 0 Å². The van der Waals surface area contributed by atoms with E-state index in [0.717, 1.165) is 0 Å². The molecule has 0 aliphatic heterocycles. The molecule has 20 heavy (non-hydrogen) atoms. The van der Waals surface area contributed by atoms with Crippen molar-refractivity contribution in [2.45, 2.75) is 92.0 Å². The predicted octanol–water partition coefficient (Wildman–Crippen LogP) is 4.24. The molecule has 0 bridgehead atoms. The summed E-state index contributed by atoms with van der Waals surface area (Å²) in [5, 5.41) is 0. The van der Waals surface area contributed by atoms with Gasteiger partial charge in [0.05, 0.1) is 11.2 Å². The summed E-state index contributed by atoms with van der Waals surface area (Å²) in [6.45, 7) is 18.0. The van der Waals surface area contributed by atoms with Gasteiger partial charge in [0.2, 0.25) is 11.6 Å². The van der Waals surface area contributed by atoms with Gasteiger partial charge < -0.3 is 18.9 Å². The van der Waals surface area contributed by atoms with Crippen molar-refractivity contribution < 1.29 is 23.7 Å². The number of carbonyl (C=O) groups excluding carboxylic acids is 1. The van der Waals surface area contributed by atoms with Crippen LogP contribution in [0.4, 0.5) is 4.79 Å². The summed E-state index contributed by atoms with van der Waals surface area (Å²) < 4.78 is 21.7. The van der Waals surface area contributed by atoms with Gasteiger partial charge in [-0.3, -0.25) is 0 Å². The van der Waals surface area contributed by atoms with Gasteiger partial charge in [0, 0.05) is 27.7 Å². The molecular weight excluding hydrogens is 260 g/mol. The molecule has 0 heterocycles.